The second-order valence-corrected chi connectivity index (χ2v) is 11.0. The van der Waals surface area contributed by atoms with Crippen molar-refractivity contribution < 1.29 is 24.2 Å². The molecule has 2 amide bonds. The number of carbonyl (C=O) groups is 3. The molecule has 2 fully saturated rings. The van der Waals surface area contributed by atoms with Crippen LogP contribution in [0.25, 0.3) is 0 Å². The standard InChI is InChI=1S/C28H32Cl2N2O5/c1-2-22(15-37-16-28(10-11-28)27(31)36)32-25(17-6-8-20(29)9-7-17)23(18-4-3-5-21(30)12-18)13-19(26(32)35)14-24(33)34/h3-9,12,19,22-23,25H,2,10-11,13-16H2,1H3,(H2,31,36)(H,33,34)/t19-,22?,23-,25-/m1/s1. The summed E-state index contributed by atoms with van der Waals surface area (Å²) in [6.07, 6.45) is 2.10. The number of carboxylic acids is 1. The number of carbonyl (C=O) groups excluding carboxylic acids is 2. The average Bonchev–Trinajstić information content (AvgIpc) is 3.65. The van der Waals surface area contributed by atoms with Crippen LogP contribution in [-0.4, -0.2) is 47.0 Å². The third-order valence-electron chi connectivity index (χ3n) is 7.66. The highest BCUT2D eigenvalue weighted by Crippen LogP contribution is 2.48. The Morgan fingerprint density at radius 1 is 1.14 bits per heavy atom. The van der Waals surface area contributed by atoms with Gasteiger partial charge >= 0.3 is 5.97 Å². The number of rotatable bonds is 11. The first-order chi connectivity index (χ1) is 17.6. The smallest absolute Gasteiger partial charge is 0.304 e. The molecule has 0 radical (unpaired) electrons. The Bertz CT molecular complexity index is 1150. The number of likely N-dealkylation sites (tertiary alicyclic amines) is 1. The van der Waals surface area contributed by atoms with Crippen LogP contribution in [0.4, 0.5) is 0 Å². The van der Waals surface area contributed by atoms with E-state index in [0.717, 1.165) is 11.1 Å². The van der Waals surface area contributed by atoms with Crippen LogP contribution in [0, 0.1) is 11.3 Å². The van der Waals surface area contributed by atoms with E-state index in [0.29, 0.717) is 35.7 Å². The zero-order chi connectivity index (χ0) is 26.7. The quantitative estimate of drug-likeness (QED) is 0.402. The molecule has 0 bridgehead atoms. The van der Waals surface area contributed by atoms with Crippen molar-refractivity contribution in [2.24, 2.45) is 17.1 Å². The number of piperidine rings is 1. The molecule has 1 aliphatic heterocycles. The molecule has 198 valence electrons. The first kappa shape index (κ1) is 27.4. The molecule has 1 saturated heterocycles. The van der Waals surface area contributed by atoms with Crippen LogP contribution in [0.2, 0.25) is 10.0 Å². The molecule has 3 N–H and O–H groups in total. The lowest BCUT2D eigenvalue weighted by molar-refractivity contribution is -0.154. The fourth-order valence-electron chi connectivity index (χ4n) is 5.37. The van der Waals surface area contributed by atoms with Crippen molar-refractivity contribution in [1.82, 2.24) is 4.90 Å². The van der Waals surface area contributed by atoms with E-state index in [9.17, 15) is 19.5 Å². The summed E-state index contributed by atoms with van der Waals surface area (Å²) in [7, 11) is 0. The summed E-state index contributed by atoms with van der Waals surface area (Å²) in [6, 6.07) is 14.2. The number of carboxylic acid groups (broad SMARTS) is 1. The predicted molar refractivity (Wildman–Crippen MR) is 141 cm³/mol. The fraction of sp³-hybridized carbons (Fsp3) is 0.464. The Morgan fingerprint density at radius 2 is 1.84 bits per heavy atom. The van der Waals surface area contributed by atoms with Gasteiger partial charge in [0.05, 0.1) is 37.1 Å². The van der Waals surface area contributed by atoms with Crippen LogP contribution in [0.1, 0.15) is 62.1 Å². The van der Waals surface area contributed by atoms with Crippen LogP contribution >= 0.6 is 23.2 Å². The van der Waals surface area contributed by atoms with Gasteiger partial charge in [-0.1, -0.05) is 54.4 Å². The van der Waals surface area contributed by atoms with Gasteiger partial charge in [0.15, 0.2) is 0 Å². The van der Waals surface area contributed by atoms with Gasteiger partial charge in [-0.15, -0.1) is 0 Å². The zero-order valence-electron chi connectivity index (χ0n) is 20.7. The van der Waals surface area contributed by atoms with Crippen molar-refractivity contribution in [3.8, 4) is 0 Å². The van der Waals surface area contributed by atoms with Gasteiger partial charge in [-0.2, -0.15) is 0 Å². The maximum atomic E-state index is 13.9. The molecule has 0 spiro atoms. The summed E-state index contributed by atoms with van der Waals surface area (Å²) in [6.45, 7) is 2.39. The van der Waals surface area contributed by atoms with Gasteiger partial charge in [0.1, 0.15) is 0 Å². The van der Waals surface area contributed by atoms with Gasteiger partial charge in [0.25, 0.3) is 0 Å². The minimum Gasteiger partial charge on any atom is -0.481 e. The second kappa shape index (κ2) is 11.4. The van der Waals surface area contributed by atoms with Crippen LogP contribution < -0.4 is 5.73 Å². The maximum Gasteiger partial charge on any atom is 0.304 e. The number of nitrogens with two attached hydrogens (primary N) is 1. The van der Waals surface area contributed by atoms with Gasteiger partial charge < -0.3 is 20.5 Å². The largest absolute Gasteiger partial charge is 0.481 e. The van der Waals surface area contributed by atoms with Gasteiger partial charge in [-0.25, -0.2) is 0 Å². The third-order valence-corrected chi connectivity index (χ3v) is 8.15. The lowest BCUT2D eigenvalue weighted by Gasteiger charge is -2.48. The molecule has 4 rings (SSSR count). The molecule has 2 aromatic carbocycles. The molecule has 7 nitrogen and oxygen atoms in total. The summed E-state index contributed by atoms with van der Waals surface area (Å²) in [5.41, 5.74) is 6.77. The van der Waals surface area contributed by atoms with Crippen molar-refractivity contribution in [1.29, 1.82) is 0 Å². The van der Waals surface area contributed by atoms with Crippen molar-refractivity contribution in [2.75, 3.05) is 13.2 Å². The molecule has 37 heavy (non-hydrogen) atoms. The van der Waals surface area contributed by atoms with Gasteiger partial charge in [0, 0.05) is 21.9 Å². The molecule has 1 heterocycles. The predicted octanol–water partition coefficient (Wildman–Crippen LogP) is 5.20. The van der Waals surface area contributed by atoms with E-state index in [1.165, 1.54) is 0 Å². The highest BCUT2D eigenvalue weighted by molar-refractivity contribution is 6.30. The van der Waals surface area contributed by atoms with E-state index >= 15 is 0 Å². The number of ether oxygens (including phenoxy) is 1. The van der Waals surface area contributed by atoms with Crippen molar-refractivity contribution in [3.05, 3.63) is 69.7 Å². The summed E-state index contributed by atoms with van der Waals surface area (Å²) >= 11 is 12.5. The summed E-state index contributed by atoms with van der Waals surface area (Å²) < 4.78 is 6.00. The van der Waals surface area contributed by atoms with Crippen LogP contribution in [-0.2, 0) is 19.1 Å². The van der Waals surface area contributed by atoms with Gasteiger partial charge in [-0.3, -0.25) is 14.4 Å². The third kappa shape index (κ3) is 6.11. The Kier molecular flexibility index (Phi) is 8.46. The van der Waals surface area contributed by atoms with E-state index in [-0.39, 0.29) is 49.5 Å². The van der Waals surface area contributed by atoms with Crippen LogP contribution in [0.15, 0.2) is 48.5 Å². The number of benzene rings is 2. The summed E-state index contributed by atoms with van der Waals surface area (Å²) in [5.74, 6) is -2.49. The van der Waals surface area contributed by atoms with E-state index in [1.54, 1.807) is 23.1 Å². The molecule has 2 aromatic rings. The number of aliphatic carboxylic acids is 1. The lowest BCUT2D eigenvalue weighted by Crippen LogP contribution is -2.53. The minimum atomic E-state index is -1.02. The Hall–Kier alpha value is -2.61. The zero-order valence-corrected chi connectivity index (χ0v) is 22.3. The molecule has 1 saturated carbocycles. The number of primary amides is 1. The van der Waals surface area contributed by atoms with Crippen molar-refractivity contribution >= 4 is 41.0 Å². The summed E-state index contributed by atoms with van der Waals surface area (Å²) in [4.78, 5) is 39.3. The highest BCUT2D eigenvalue weighted by Gasteiger charge is 2.50. The van der Waals surface area contributed by atoms with E-state index < -0.39 is 17.3 Å². The van der Waals surface area contributed by atoms with E-state index in [4.69, 9.17) is 33.7 Å². The number of nitrogens with zero attached hydrogens (tertiary/aromatic N) is 1. The van der Waals surface area contributed by atoms with Gasteiger partial charge in [0.2, 0.25) is 11.8 Å². The van der Waals surface area contributed by atoms with Crippen molar-refractivity contribution in [3.63, 3.8) is 0 Å². The van der Waals surface area contributed by atoms with Crippen molar-refractivity contribution in [2.45, 2.75) is 57.0 Å². The number of hydrogen-bond acceptors (Lipinski definition) is 4. The molecule has 1 aliphatic carbocycles. The molecule has 4 atom stereocenters. The topological polar surface area (TPSA) is 110 Å². The fourth-order valence-corrected chi connectivity index (χ4v) is 5.70. The summed E-state index contributed by atoms with van der Waals surface area (Å²) in [5, 5.41) is 10.7. The van der Waals surface area contributed by atoms with Crippen LogP contribution in [0.3, 0.4) is 0 Å². The minimum absolute atomic E-state index is 0.198. The Morgan fingerprint density at radius 3 is 2.41 bits per heavy atom. The van der Waals surface area contributed by atoms with E-state index in [2.05, 4.69) is 0 Å². The van der Waals surface area contributed by atoms with Crippen LogP contribution in [0.5, 0.6) is 0 Å². The Labute approximate surface area is 226 Å². The Balaban J connectivity index is 1.73. The number of hydrogen-bond donors (Lipinski definition) is 2. The van der Waals surface area contributed by atoms with Gasteiger partial charge in [-0.05, 0) is 61.1 Å². The molecule has 0 aromatic heterocycles. The monoisotopic (exact) mass is 546 g/mol. The SMILES string of the molecule is CCC(COCC1(C(N)=O)CC1)N1C(=O)[C@@H](CC(=O)O)C[C@H](c2cccc(Cl)c2)[C@H]1c1ccc(Cl)cc1. The molecule has 1 unspecified atom stereocenters. The molecule has 9 heteroatoms. The molecular formula is C28H32Cl2N2O5. The number of amides is 2. The lowest BCUT2D eigenvalue weighted by atomic mass is 9.74. The number of halogens is 2. The first-order valence-electron chi connectivity index (χ1n) is 12.6. The second-order valence-electron chi connectivity index (χ2n) is 10.2. The van der Waals surface area contributed by atoms with E-state index in [1.807, 2.05) is 37.3 Å². The molecular weight excluding hydrogens is 515 g/mol. The first-order valence-corrected chi connectivity index (χ1v) is 13.3. The highest BCUT2D eigenvalue weighted by atomic mass is 35.5. The average molecular weight is 547 g/mol. The molecule has 2 aliphatic rings. The normalized spacial score (nSPS) is 23.5. The maximum absolute atomic E-state index is 13.9.